The highest BCUT2D eigenvalue weighted by Gasteiger charge is 2.42. The fraction of sp³-hybridized carbons (Fsp3) is 0.333. The summed E-state index contributed by atoms with van der Waals surface area (Å²) >= 11 is 0. The molecule has 0 saturated heterocycles. The molecule has 0 radical (unpaired) electrons. The lowest BCUT2D eigenvalue weighted by molar-refractivity contribution is 0.704. The molecular weight excluding hydrogens is 200 g/mol. The van der Waals surface area contributed by atoms with Crippen molar-refractivity contribution in [3.63, 3.8) is 0 Å². The molecule has 2 N–H and O–H groups in total. The van der Waals surface area contributed by atoms with Crippen LogP contribution in [-0.2, 0) is 5.41 Å². The Kier molecular flexibility index (Phi) is 2.04. The molecule has 1 aliphatic carbocycles. The standard InChI is InChI=1S/C12H14N4/c13-7-12(5-6-12)10-1-3-11(4-2-10)16-9-14-8-15-16/h1-4,8-9H,5-7,13H2. The van der Waals surface area contributed by atoms with E-state index in [4.69, 9.17) is 5.73 Å². The molecule has 0 bridgehead atoms. The van der Waals surface area contributed by atoms with Gasteiger partial charge in [-0.05, 0) is 30.5 Å². The number of rotatable bonds is 3. The summed E-state index contributed by atoms with van der Waals surface area (Å²) in [5.41, 5.74) is 8.45. The SMILES string of the molecule is NCC1(c2ccc(-n3cncn3)cc2)CC1. The Balaban J connectivity index is 1.91. The van der Waals surface area contributed by atoms with Gasteiger partial charge in [0.2, 0.25) is 0 Å². The van der Waals surface area contributed by atoms with Gasteiger partial charge in [-0.15, -0.1) is 0 Å². The Morgan fingerprint density at radius 2 is 2.00 bits per heavy atom. The van der Waals surface area contributed by atoms with E-state index in [0.29, 0.717) is 0 Å². The average molecular weight is 214 g/mol. The zero-order chi connectivity index (χ0) is 11.0. The van der Waals surface area contributed by atoms with E-state index in [-0.39, 0.29) is 5.41 Å². The zero-order valence-electron chi connectivity index (χ0n) is 9.00. The van der Waals surface area contributed by atoms with Gasteiger partial charge in [0.1, 0.15) is 12.7 Å². The van der Waals surface area contributed by atoms with Gasteiger partial charge in [0.05, 0.1) is 5.69 Å². The van der Waals surface area contributed by atoms with Crippen molar-refractivity contribution in [2.45, 2.75) is 18.3 Å². The molecule has 4 heteroatoms. The van der Waals surface area contributed by atoms with E-state index in [9.17, 15) is 0 Å². The molecule has 1 fully saturated rings. The summed E-state index contributed by atoms with van der Waals surface area (Å²) in [6, 6.07) is 8.44. The minimum Gasteiger partial charge on any atom is -0.330 e. The van der Waals surface area contributed by atoms with Crippen LogP contribution in [0.2, 0.25) is 0 Å². The van der Waals surface area contributed by atoms with Crippen molar-refractivity contribution in [2.75, 3.05) is 6.54 Å². The molecule has 0 aliphatic heterocycles. The number of hydrogen-bond donors (Lipinski definition) is 1. The minimum atomic E-state index is 0.265. The van der Waals surface area contributed by atoms with Crippen LogP contribution in [0.5, 0.6) is 0 Å². The predicted molar refractivity (Wildman–Crippen MR) is 61.3 cm³/mol. The van der Waals surface area contributed by atoms with Crippen LogP contribution < -0.4 is 5.73 Å². The van der Waals surface area contributed by atoms with Gasteiger partial charge in [0.15, 0.2) is 0 Å². The maximum Gasteiger partial charge on any atom is 0.138 e. The largest absolute Gasteiger partial charge is 0.330 e. The second kappa shape index (κ2) is 3.42. The first-order valence-electron chi connectivity index (χ1n) is 5.50. The van der Waals surface area contributed by atoms with Crippen molar-refractivity contribution in [1.82, 2.24) is 14.8 Å². The topological polar surface area (TPSA) is 56.7 Å². The summed E-state index contributed by atoms with van der Waals surface area (Å²) in [6.07, 6.45) is 5.67. The molecular formula is C12H14N4. The molecule has 2 aromatic rings. The first-order chi connectivity index (χ1) is 7.84. The van der Waals surface area contributed by atoms with Crippen LogP contribution in [0, 0.1) is 0 Å². The van der Waals surface area contributed by atoms with Crippen molar-refractivity contribution < 1.29 is 0 Å². The average Bonchev–Trinajstić information content (AvgIpc) is 2.96. The van der Waals surface area contributed by atoms with Crippen LogP contribution in [0.15, 0.2) is 36.9 Å². The number of aromatic nitrogens is 3. The summed E-state index contributed by atoms with van der Waals surface area (Å²) in [5.74, 6) is 0. The van der Waals surface area contributed by atoms with Gasteiger partial charge in [-0.25, -0.2) is 9.67 Å². The van der Waals surface area contributed by atoms with Crippen LogP contribution in [0.4, 0.5) is 0 Å². The van der Waals surface area contributed by atoms with E-state index >= 15 is 0 Å². The summed E-state index contributed by atoms with van der Waals surface area (Å²) in [6.45, 7) is 0.746. The maximum absolute atomic E-state index is 5.81. The number of nitrogens with zero attached hydrogens (tertiary/aromatic N) is 3. The normalized spacial score (nSPS) is 17.3. The molecule has 0 spiro atoms. The van der Waals surface area contributed by atoms with Crippen molar-refractivity contribution >= 4 is 0 Å². The van der Waals surface area contributed by atoms with Crippen LogP contribution in [-0.4, -0.2) is 21.3 Å². The summed E-state index contributed by atoms with van der Waals surface area (Å²) in [7, 11) is 0. The molecule has 1 aromatic heterocycles. The molecule has 0 atom stereocenters. The third-order valence-electron chi connectivity index (χ3n) is 3.41. The van der Waals surface area contributed by atoms with Gasteiger partial charge >= 0.3 is 0 Å². The summed E-state index contributed by atoms with van der Waals surface area (Å²) in [4.78, 5) is 3.93. The Bertz CT molecular complexity index is 468. The molecule has 1 aromatic carbocycles. The Labute approximate surface area is 94.1 Å². The highest BCUT2D eigenvalue weighted by atomic mass is 15.3. The van der Waals surface area contributed by atoms with Crippen LogP contribution >= 0.6 is 0 Å². The van der Waals surface area contributed by atoms with Gasteiger partial charge in [-0.3, -0.25) is 0 Å². The Morgan fingerprint density at radius 3 is 2.50 bits per heavy atom. The van der Waals surface area contributed by atoms with E-state index < -0.39 is 0 Å². The van der Waals surface area contributed by atoms with Crippen molar-refractivity contribution in [1.29, 1.82) is 0 Å². The molecule has 0 unspecified atom stereocenters. The van der Waals surface area contributed by atoms with Crippen molar-refractivity contribution in [2.24, 2.45) is 5.73 Å². The van der Waals surface area contributed by atoms with E-state index in [1.807, 2.05) is 0 Å². The smallest absolute Gasteiger partial charge is 0.138 e. The molecule has 1 aliphatic rings. The van der Waals surface area contributed by atoms with E-state index in [0.717, 1.165) is 12.2 Å². The Morgan fingerprint density at radius 1 is 1.25 bits per heavy atom. The number of nitrogens with two attached hydrogens (primary N) is 1. The zero-order valence-corrected chi connectivity index (χ0v) is 9.00. The van der Waals surface area contributed by atoms with Gasteiger partial charge in [-0.2, -0.15) is 5.10 Å². The van der Waals surface area contributed by atoms with Gasteiger partial charge in [0.25, 0.3) is 0 Å². The first-order valence-corrected chi connectivity index (χ1v) is 5.50. The molecule has 3 rings (SSSR count). The lowest BCUT2D eigenvalue weighted by Gasteiger charge is -2.13. The predicted octanol–water partition coefficient (Wildman–Crippen LogP) is 1.26. The molecule has 16 heavy (non-hydrogen) atoms. The van der Waals surface area contributed by atoms with E-state index in [1.54, 1.807) is 11.0 Å². The first kappa shape index (κ1) is 9.54. The lowest BCUT2D eigenvalue weighted by atomic mass is 9.96. The van der Waals surface area contributed by atoms with Crippen molar-refractivity contribution in [3.05, 3.63) is 42.5 Å². The van der Waals surface area contributed by atoms with Gasteiger partial charge < -0.3 is 5.73 Å². The second-order valence-corrected chi connectivity index (χ2v) is 4.37. The minimum absolute atomic E-state index is 0.265. The molecule has 1 saturated carbocycles. The molecule has 0 amide bonds. The van der Waals surface area contributed by atoms with Crippen LogP contribution in [0.25, 0.3) is 5.69 Å². The highest BCUT2D eigenvalue weighted by Crippen LogP contribution is 2.47. The molecule has 82 valence electrons. The van der Waals surface area contributed by atoms with Crippen LogP contribution in [0.3, 0.4) is 0 Å². The van der Waals surface area contributed by atoms with E-state index in [1.165, 1.54) is 24.7 Å². The van der Waals surface area contributed by atoms with Gasteiger partial charge in [0, 0.05) is 12.0 Å². The molecule has 1 heterocycles. The monoisotopic (exact) mass is 214 g/mol. The number of hydrogen-bond acceptors (Lipinski definition) is 3. The van der Waals surface area contributed by atoms with Crippen molar-refractivity contribution in [3.8, 4) is 5.69 Å². The summed E-state index contributed by atoms with van der Waals surface area (Å²) in [5, 5.41) is 4.09. The fourth-order valence-electron chi connectivity index (χ4n) is 2.07. The summed E-state index contributed by atoms with van der Waals surface area (Å²) < 4.78 is 1.76. The van der Waals surface area contributed by atoms with Gasteiger partial charge in [-0.1, -0.05) is 12.1 Å². The third-order valence-corrected chi connectivity index (χ3v) is 3.41. The quantitative estimate of drug-likeness (QED) is 0.836. The van der Waals surface area contributed by atoms with E-state index in [2.05, 4.69) is 34.3 Å². The lowest BCUT2D eigenvalue weighted by Crippen LogP contribution is -2.19. The van der Waals surface area contributed by atoms with Crippen LogP contribution in [0.1, 0.15) is 18.4 Å². The highest BCUT2D eigenvalue weighted by molar-refractivity contribution is 5.39. The maximum atomic E-state index is 5.81. The third kappa shape index (κ3) is 1.42. The molecule has 4 nitrogen and oxygen atoms in total. The number of benzene rings is 1. The second-order valence-electron chi connectivity index (χ2n) is 4.37. The Hall–Kier alpha value is -1.68. The fourth-order valence-corrected chi connectivity index (χ4v) is 2.07.